The molecule has 0 aliphatic rings. The highest BCUT2D eigenvalue weighted by molar-refractivity contribution is 5.76. The minimum Gasteiger partial charge on any atom is -0.495 e. The summed E-state index contributed by atoms with van der Waals surface area (Å²) in [6.45, 7) is 9.55. The van der Waals surface area contributed by atoms with Crippen LogP contribution in [-0.4, -0.2) is 13.3 Å². The van der Waals surface area contributed by atoms with E-state index in [4.69, 9.17) is 4.74 Å². The summed E-state index contributed by atoms with van der Waals surface area (Å²) in [7, 11) is 1.60. The zero-order chi connectivity index (χ0) is 9.82. The SMILES string of the molecule is C=CN=C/C(=C\C)OC.CCC. The van der Waals surface area contributed by atoms with Crippen molar-refractivity contribution in [2.75, 3.05) is 7.11 Å². The standard InChI is InChI=1S/C7H11NO.C3H8/c1-4-7(9-3)6-8-5-2;1-3-2/h4-6H,2H2,1,3H3;3H2,1-2H3/b7-4+,8-6?;. The Bertz CT molecular complexity index is 148. The Hall–Kier alpha value is -1.05. The smallest absolute Gasteiger partial charge is 0.132 e. The molecule has 0 aromatic rings. The van der Waals surface area contributed by atoms with Gasteiger partial charge in [-0.25, -0.2) is 0 Å². The maximum atomic E-state index is 4.87. The molecule has 0 aliphatic carbocycles. The van der Waals surface area contributed by atoms with Crippen molar-refractivity contribution in [2.45, 2.75) is 27.2 Å². The number of rotatable bonds is 3. The molecule has 0 aromatic heterocycles. The molecule has 70 valence electrons. The molecule has 0 heterocycles. The summed E-state index contributed by atoms with van der Waals surface area (Å²) in [5.74, 6) is 0.745. The third-order valence-electron chi connectivity index (χ3n) is 0.827. The lowest BCUT2D eigenvalue weighted by molar-refractivity contribution is 0.316. The molecule has 0 atom stereocenters. The van der Waals surface area contributed by atoms with Crippen molar-refractivity contribution in [3.63, 3.8) is 0 Å². The third-order valence-corrected chi connectivity index (χ3v) is 0.827. The predicted molar refractivity (Wildman–Crippen MR) is 55.4 cm³/mol. The van der Waals surface area contributed by atoms with Gasteiger partial charge >= 0.3 is 0 Å². The number of hydrogen-bond acceptors (Lipinski definition) is 2. The molecule has 0 saturated heterocycles. The largest absolute Gasteiger partial charge is 0.495 e. The molecule has 2 nitrogen and oxygen atoms in total. The summed E-state index contributed by atoms with van der Waals surface area (Å²) >= 11 is 0. The molecule has 0 bridgehead atoms. The Balaban J connectivity index is 0. The van der Waals surface area contributed by atoms with Crippen LogP contribution in [0.5, 0.6) is 0 Å². The highest BCUT2D eigenvalue weighted by Crippen LogP contribution is 1.88. The molecule has 0 aliphatic heterocycles. The summed E-state index contributed by atoms with van der Waals surface area (Å²) in [6.07, 6.45) is 6.14. The zero-order valence-corrected chi connectivity index (χ0v) is 8.50. The Labute approximate surface area is 75.7 Å². The van der Waals surface area contributed by atoms with Crippen LogP contribution in [0.15, 0.2) is 29.6 Å². The highest BCUT2D eigenvalue weighted by Gasteiger charge is 1.81. The van der Waals surface area contributed by atoms with E-state index >= 15 is 0 Å². The highest BCUT2D eigenvalue weighted by atomic mass is 16.5. The van der Waals surface area contributed by atoms with Gasteiger partial charge in [-0.15, -0.1) is 0 Å². The first-order chi connectivity index (χ1) is 5.76. The molecule has 0 amide bonds. The lowest BCUT2D eigenvalue weighted by Gasteiger charge is -1.94. The van der Waals surface area contributed by atoms with Gasteiger partial charge in [0.25, 0.3) is 0 Å². The van der Waals surface area contributed by atoms with E-state index in [1.54, 1.807) is 13.3 Å². The minimum atomic E-state index is 0.745. The topological polar surface area (TPSA) is 21.6 Å². The van der Waals surface area contributed by atoms with Crippen molar-refractivity contribution >= 4 is 6.21 Å². The van der Waals surface area contributed by atoms with E-state index in [2.05, 4.69) is 25.4 Å². The predicted octanol–water partition coefficient (Wildman–Crippen LogP) is 3.17. The van der Waals surface area contributed by atoms with Crippen molar-refractivity contribution in [3.05, 3.63) is 24.6 Å². The van der Waals surface area contributed by atoms with Crippen LogP contribution in [0.25, 0.3) is 0 Å². The van der Waals surface area contributed by atoms with Crippen molar-refractivity contribution < 1.29 is 4.74 Å². The first kappa shape index (κ1) is 13.5. The summed E-state index contributed by atoms with van der Waals surface area (Å²) in [5.41, 5.74) is 0. The van der Waals surface area contributed by atoms with Crippen LogP contribution in [0.1, 0.15) is 27.2 Å². The van der Waals surface area contributed by atoms with Crippen molar-refractivity contribution in [1.82, 2.24) is 0 Å². The number of nitrogens with zero attached hydrogens (tertiary/aromatic N) is 1. The second kappa shape index (κ2) is 12.6. The molecule has 0 saturated carbocycles. The van der Waals surface area contributed by atoms with E-state index in [1.165, 1.54) is 12.6 Å². The average molecular weight is 169 g/mol. The van der Waals surface area contributed by atoms with Gasteiger partial charge in [-0.05, 0) is 13.0 Å². The van der Waals surface area contributed by atoms with E-state index in [1.807, 2.05) is 13.0 Å². The lowest BCUT2D eigenvalue weighted by Crippen LogP contribution is -1.85. The van der Waals surface area contributed by atoms with Gasteiger partial charge in [-0.2, -0.15) is 0 Å². The Kier molecular flexibility index (Phi) is 14.2. The fourth-order valence-corrected chi connectivity index (χ4v) is 0.371. The maximum Gasteiger partial charge on any atom is 0.132 e. The molecule has 0 aromatic carbocycles. The van der Waals surface area contributed by atoms with E-state index < -0.39 is 0 Å². The van der Waals surface area contributed by atoms with Crippen LogP contribution < -0.4 is 0 Å². The maximum absolute atomic E-state index is 4.87. The van der Waals surface area contributed by atoms with E-state index in [0.29, 0.717) is 0 Å². The van der Waals surface area contributed by atoms with Crippen LogP contribution in [0.4, 0.5) is 0 Å². The summed E-state index contributed by atoms with van der Waals surface area (Å²) < 4.78 is 4.87. The second-order valence-electron chi connectivity index (χ2n) is 2.06. The van der Waals surface area contributed by atoms with Crippen molar-refractivity contribution in [1.29, 1.82) is 0 Å². The van der Waals surface area contributed by atoms with Gasteiger partial charge in [-0.3, -0.25) is 4.99 Å². The Morgan fingerprint density at radius 3 is 2.25 bits per heavy atom. The number of aliphatic imine (C=N–C) groups is 1. The van der Waals surface area contributed by atoms with Crippen LogP contribution in [-0.2, 0) is 4.74 Å². The minimum absolute atomic E-state index is 0.745. The molecular formula is C10H19NO. The van der Waals surface area contributed by atoms with Crippen molar-refractivity contribution in [2.24, 2.45) is 4.99 Å². The Morgan fingerprint density at radius 2 is 2.00 bits per heavy atom. The summed E-state index contributed by atoms with van der Waals surface area (Å²) in [4.78, 5) is 3.76. The number of methoxy groups -OCH3 is 1. The molecule has 12 heavy (non-hydrogen) atoms. The van der Waals surface area contributed by atoms with Gasteiger partial charge in [0, 0.05) is 6.20 Å². The van der Waals surface area contributed by atoms with E-state index in [9.17, 15) is 0 Å². The van der Waals surface area contributed by atoms with Crippen LogP contribution in [0.3, 0.4) is 0 Å². The molecule has 2 heteroatoms. The molecule has 0 spiro atoms. The van der Waals surface area contributed by atoms with Gasteiger partial charge in [0.05, 0.1) is 13.3 Å². The number of allylic oxidation sites excluding steroid dienone is 2. The fraction of sp³-hybridized carbons (Fsp3) is 0.500. The van der Waals surface area contributed by atoms with Gasteiger partial charge in [-0.1, -0.05) is 26.8 Å². The monoisotopic (exact) mass is 169 g/mol. The van der Waals surface area contributed by atoms with Gasteiger partial charge in [0.2, 0.25) is 0 Å². The first-order valence-corrected chi connectivity index (χ1v) is 4.11. The average Bonchev–Trinajstić information content (AvgIpc) is 2.08. The number of ether oxygens (including phenoxy) is 1. The second-order valence-corrected chi connectivity index (χ2v) is 2.06. The fourth-order valence-electron chi connectivity index (χ4n) is 0.371. The van der Waals surface area contributed by atoms with Crippen molar-refractivity contribution in [3.8, 4) is 0 Å². The molecule has 0 radical (unpaired) electrons. The number of hydrogen-bond donors (Lipinski definition) is 0. The molecule has 0 unspecified atom stereocenters. The van der Waals surface area contributed by atoms with Crippen LogP contribution in [0.2, 0.25) is 0 Å². The van der Waals surface area contributed by atoms with E-state index in [-0.39, 0.29) is 0 Å². The van der Waals surface area contributed by atoms with Crippen LogP contribution in [0, 0.1) is 0 Å². The summed E-state index contributed by atoms with van der Waals surface area (Å²) in [6, 6.07) is 0. The molecule has 0 N–H and O–H groups in total. The van der Waals surface area contributed by atoms with Crippen LogP contribution >= 0.6 is 0 Å². The van der Waals surface area contributed by atoms with E-state index in [0.717, 1.165) is 5.76 Å². The molecule has 0 rings (SSSR count). The lowest BCUT2D eigenvalue weighted by atomic mass is 10.5. The van der Waals surface area contributed by atoms with Gasteiger partial charge in [0.15, 0.2) is 0 Å². The zero-order valence-electron chi connectivity index (χ0n) is 8.50. The summed E-state index contributed by atoms with van der Waals surface area (Å²) in [5, 5.41) is 0. The molecular weight excluding hydrogens is 150 g/mol. The normalized spacial score (nSPS) is 10.5. The molecule has 0 fully saturated rings. The third kappa shape index (κ3) is 11.7. The van der Waals surface area contributed by atoms with Gasteiger partial charge in [0.1, 0.15) is 5.76 Å². The quantitative estimate of drug-likeness (QED) is 0.469. The Morgan fingerprint density at radius 1 is 1.50 bits per heavy atom. The first-order valence-electron chi connectivity index (χ1n) is 4.11. The van der Waals surface area contributed by atoms with Gasteiger partial charge < -0.3 is 4.74 Å².